The van der Waals surface area contributed by atoms with E-state index in [2.05, 4.69) is 15.5 Å². The lowest BCUT2D eigenvalue weighted by atomic mass is 9.95. The van der Waals surface area contributed by atoms with Gasteiger partial charge in [-0.25, -0.2) is 9.07 Å². The highest BCUT2D eigenvalue weighted by Gasteiger charge is 2.27. The van der Waals surface area contributed by atoms with Crippen LogP contribution in [0.2, 0.25) is 0 Å². The van der Waals surface area contributed by atoms with Crippen LogP contribution in [0.4, 0.5) is 4.39 Å². The molecule has 0 aliphatic carbocycles. The minimum Gasteiger partial charge on any atom is -0.336 e. The number of carbonyl (C=O) groups excluding carboxylic acids is 1. The lowest BCUT2D eigenvalue weighted by Crippen LogP contribution is -2.38. The van der Waals surface area contributed by atoms with Gasteiger partial charge in [0.15, 0.2) is 0 Å². The molecule has 1 atom stereocenters. The molecule has 23 heavy (non-hydrogen) atoms. The Morgan fingerprint density at radius 3 is 2.78 bits per heavy atom. The average Bonchev–Trinajstić information content (AvgIpc) is 2.98. The fourth-order valence-electron chi connectivity index (χ4n) is 3.06. The van der Waals surface area contributed by atoms with Gasteiger partial charge >= 0.3 is 0 Å². The van der Waals surface area contributed by atoms with Crippen LogP contribution in [0.3, 0.4) is 0 Å². The van der Waals surface area contributed by atoms with Gasteiger partial charge in [-0.15, -0.1) is 5.10 Å². The van der Waals surface area contributed by atoms with Gasteiger partial charge in [0, 0.05) is 13.0 Å². The van der Waals surface area contributed by atoms with Gasteiger partial charge in [-0.1, -0.05) is 12.1 Å². The molecule has 7 heteroatoms. The number of likely N-dealkylation sites (tertiary alicyclic amines) is 1. The molecule has 1 fully saturated rings. The molecule has 0 unspecified atom stereocenters. The molecule has 2 heterocycles. The monoisotopic (exact) mass is 317 g/mol. The molecular formula is C16H20FN5O. The molecular weight excluding hydrogens is 297 g/mol. The number of hydrogen-bond acceptors (Lipinski definition) is 4. The van der Waals surface area contributed by atoms with E-state index in [9.17, 15) is 9.18 Å². The summed E-state index contributed by atoms with van der Waals surface area (Å²) in [6.45, 7) is 3.03. The Bertz CT molecular complexity index is 669. The molecule has 2 aromatic rings. The minimum atomic E-state index is -0.253. The van der Waals surface area contributed by atoms with Gasteiger partial charge in [0.25, 0.3) is 0 Å². The zero-order valence-corrected chi connectivity index (χ0v) is 13.2. The lowest BCUT2D eigenvalue weighted by molar-refractivity contribution is -0.135. The molecule has 3 rings (SSSR count). The largest absolute Gasteiger partial charge is 0.336 e. The van der Waals surface area contributed by atoms with E-state index in [1.165, 1.54) is 12.1 Å². The van der Waals surface area contributed by atoms with Gasteiger partial charge in [0.2, 0.25) is 5.91 Å². The van der Waals surface area contributed by atoms with E-state index >= 15 is 0 Å². The Labute approximate surface area is 134 Å². The van der Waals surface area contributed by atoms with Crippen LogP contribution in [0.1, 0.15) is 43.1 Å². The first-order chi connectivity index (χ1) is 11.1. The molecule has 1 aliphatic rings. The van der Waals surface area contributed by atoms with Crippen LogP contribution in [0.15, 0.2) is 24.3 Å². The molecule has 1 aromatic carbocycles. The van der Waals surface area contributed by atoms with E-state index in [-0.39, 0.29) is 17.8 Å². The predicted molar refractivity (Wildman–Crippen MR) is 81.9 cm³/mol. The van der Waals surface area contributed by atoms with Crippen molar-refractivity contribution in [3.05, 3.63) is 41.5 Å². The molecule has 6 nitrogen and oxygen atoms in total. The quantitative estimate of drug-likeness (QED) is 0.868. The number of rotatable bonds is 4. The molecule has 1 amide bonds. The normalized spacial score (nSPS) is 18.2. The van der Waals surface area contributed by atoms with Crippen molar-refractivity contribution in [3.8, 4) is 0 Å². The molecule has 0 bridgehead atoms. The van der Waals surface area contributed by atoms with Gasteiger partial charge in [0.05, 0.1) is 12.6 Å². The van der Waals surface area contributed by atoms with Crippen molar-refractivity contribution in [2.45, 2.75) is 45.2 Å². The number of carbonyl (C=O) groups is 1. The van der Waals surface area contributed by atoms with Crippen LogP contribution in [-0.4, -0.2) is 37.6 Å². The van der Waals surface area contributed by atoms with Crippen LogP contribution in [-0.2, 0) is 11.3 Å². The van der Waals surface area contributed by atoms with Crippen LogP contribution in [0.25, 0.3) is 0 Å². The third-order valence-electron chi connectivity index (χ3n) is 4.33. The third kappa shape index (κ3) is 3.55. The van der Waals surface area contributed by atoms with Crippen LogP contribution >= 0.6 is 0 Å². The summed E-state index contributed by atoms with van der Waals surface area (Å²) in [5.74, 6) is 0.539. The molecule has 0 saturated carbocycles. The van der Waals surface area contributed by atoms with Crippen molar-refractivity contribution in [2.75, 3.05) is 6.54 Å². The second-order valence-electron chi connectivity index (χ2n) is 5.85. The van der Waals surface area contributed by atoms with Crippen molar-refractivity contribution in [1.82, 2.24) is 25.1 Å². The van der Waals surface area contributed by atoms with Crippen LogP contribution in [0, 0.1) is 12.7 Å². The number of nitrogens with zero attached hydrogens (tertiary/aromatic N) is 5. The zero-order valence-electron chi connectivity index (χ0n) is 13.2. The minimum absolute atomic E-state index is 0.0341. The fourth-order valence-corrected chi connectivity index (χ4v) is 3.06. The van der Waals surface area contributed by atoms with Gasteiger partial charge < -0.3 is 4.90 Å². The van der Waals surface area contributed by atoms with Crippen LogP contribution < -0.4 is 0 Å². The number of aryl methyl sites for hydroxylation is 2. The van der Waals surface area contributed by atoms with Crippen molar-refractivity contribution in [1.29, 1.82) is 0 Å². The molecule has 0 spiro atoms. The van der Waals surface area contributed by atoms with Gasteiger partial charge in [-0.3, -0.25) is 4.79 Å². The van der Waals surface area contributed by atoms with Gasteiger partial charge in [-0.05, 0) is 54.3 Å². The maximum Gasteiger partial charge on any atom is 0.224 e. The topological polar surface area (TPSA) is 63.9 Å². The number of hydrogen-bond donors (Lipinski definition) is 0. The summed E-state index contributed by atoms with van der Waals surface area (Å²) in [5, 5.41) is 11.3. The number of halogens is 1. The molecule has 1 saturated heterocycles. The van der Waals surface area contributed by atoms with Gasteiger partial charge in [-0.2, -0.15) is 0 Å². The molecule has 1 aromatic heterocycles. The highest BCUT2D eigenvalue weighted by molar-refractivity contribution is 5.76. The Morgan fingerprint density at radius 1 is 1.30 bits per heavy atom. The van der Waals surface area contributed by atoms with Crippen molar-refractivity contribution in [3.63, 3.8) is 0 Å². The van der Waals surface area contributed by atoms with E-state index in [1.54, 1.807) is 16.8 Å². The van der Waals surface area contributed by atoms with E-state index in [4.69, 9.17) is 0 Å². The number of benzene rings is 1. The average molecular weight is 317 g/mol. The fraction of sp³-hybridized carbons (Fsp3) is 0.500. The maximum atomic E-state index is 13.1. The zero-order chi connectivity index (χ0) is 16.2. The van der Waals surface area contributed by atoms with E-state index < -0.39 is 0 Å². The van der Waals surface area contributed by atoms with Gasteiger partial charge in [0.1, 0.15) is 11.6 Å². The van der Waals surface area contributed by atoms with Crippen LogP contribution in [0.5, 0.6) is 0 Å². The van der Waals surface area contributed by atoms with Crippen molar-refractivity contribution < 1.29 is 9.18 Å². The second kappa shape index (κ2) is 6.85. The standard InChI is InChI=1S/C16H20FN5O/c1-12-18-19-20-22(12)11-9-16(23)21-10-3-2-4-15(21)13-5-7-14(17)8-6-13/h5-8,15H,2-4,9-11H2,1H3/t15-/m1/s1. The Hall–Kier alpha value is -2.31. The third-order valence-corrected chi connectivity index (χ3v) is 4.33. The Balaban J connectivity index is 1.69. The number of tetrazole rings is 1. The number of aromatic nitrogens is 4. The second-order valence-corrected chi connectivity index (χ2v) is 5.85. The predicted octanol–water partition coefficient (Wildman–Crippen LogP) is 2.26. The summed E-state index contributed by atoms with van der Waals surface area (Å²) in [6, 6.07) is 6.49. The Kier molecular flexibility index (Phi) is 4.64. The smallest absolute Gasteiger partial charge is 0.224 e. The molecule has 0 radical (unpaired) electrons. The molecule has 122 valence electrons. The first kappa shape index (κ1) is 15.6. The Morgan fingerprint density at radius 2 is 2.09 bits per heavy atom. The number of piperidine rings is 1. The summed E-state index contributed by atoms with van der Waals surface area (Å²) >= 11 is 0. The lowest BCUT2D eigenvalue weighted by Gasteiger charge is -2.36. The first-order valence-corrected chi connectivity index (χ1v) is 7.93. The van der Waals surface area contributed by atoms with E-state index in [0.29, 0.717) is 18.8 Å². The van der Waals surface area contributed by atoms with Crippen molar-refractivity contribution in [2.24, 2.45) is 0 Å². The summed E-state index contributed by atoms with van der Waals surface area (Å²) in [5.41, 5.74) is 0.998. The summed E-state index contributed by atoms with van der Waals surface area (Å²) in [6.07, 6.45) is 3.37. The summed E-state index contributed by atoms with van der Waals surface area (Å²) in [4.78, 5) is 14.5. The first-order valence-electron chi connectivity index (χ1n) is 7.93. The number of amides is 1. The van der Waals surface area contributed by atoms with E-state index in [1.807, 2.05) is 11.8 Å². The van der Waals surface area contributed by atoms with E-state index in [0.717, 1.165) is 31.4 Å². The maximum absolute atomic E-state index is 13.1. The summed E-state index contributed by atoms with van der Waals surface area (Å²) in [7, 11) is 0. The molecule has 0 N–H and O–H groups in total. The highest BCUT2D eigenvalue weighted by atomic mass is 19.1. The SMILES string of the molecule is Cc1nnnn1CCC(=O)N1CCCC[C@@H]1c1ccc(F)cc1. The molecule has 1 aliphatic heterocycles. The summed E-state index contributed by atoms with van der Waals surface area (Å²) < 4.78 is 14.8. The van der Waals surface area contributed by atoms with Crippen molar-refractivity contribution >= 4 is 5.91 Å². The highest BCUT2D eigenvalue weighted by Crippen LogP contribution is 2.31.